The number of aryl methyl sites for hydroxylation is 2. The molecule has 0 aliphatic rings. The number of benzene rings is 2. The molecule has 1 amide bonds. The van der Waals surface area contributed by atoms with Crippen LogP contribution in [-0.2, 0) is 0 Å². The molecule has 0 aromatic heterocycles. The average Bonchev–Trinajstić information content (AvgIpc) is 2.49. The third kappa shape index (κ3) is 4.10. The van der Waals surface area contributed by atoms with Gasteiger partial charge in [-0.2, -0.15) is 0 Å². The Hall–Kier alpha value is -2.29. The Bertz CT molecular complexity index is 662. The molecule has 2 rings (SSSR count). The van der Waals surface area contributed by atoms with Crippen molar-refractivity contribution < 1.29 is 9.53 Å². The molecule has 0 radical (unpaired) electrons. The first-order valence-corrected chi connectivity index (χ1v) is 7.58. The van der Waals surface area contributed by atoms with E-state index in [9.17, 15) is 4.79 Å². The Morgan fingerprint density at radius 3 is 2.50 bits per heavy atom. The summed E-state index contributed by atoms with van der Waals surface area (Å²) < 4.78 is 5.74. The highest BCUT2D eigenvalue weighted by Gasteiger charge is 2.13. The SMILES string of the molecule is Cc1ccc(NC(=O)c2ccccc2OCC(C)C)cc1C. The summed E-state index contributed by atoms with van der Waals surface area (Å²) in [6.07, 6.45) is 0. The van der Waals surface area contributed by atoms with E-state index < -0.39 is 0 Å². The molecule has 22 heavy (non-hydrogen) atoms. The van der Waals surface area contributed by atoms with Gasteiger partial charge in [0.15, 0.2) is 0 Å². The Morgan fingerprint density at radius 1 is 1.09 bits per heavy atom. The van der Waals surface area contributed by atoms with Crippen molar-refractivity contribution in [3.8, 4) is 5.75 Å². The fourth-order valence-electron chi connectivity index (χ4n) is 2.05. The lowest BCUT2D eigenvalue weighted by molar-refractivity contribution is 0.102. The monoisotopic (exact) mass is 297 g/mol. The van der Waals surface area contributed by atoms with Crippen LogP contribution in [0.5, 0.6) is 5.75 Å². The number of anilines is 1. The molecule has 3 heteroatoms. The Balaban J connectivity index is 2.16. The zero-order valence-corrected chi connectivity index (χ0v) is 13.6. The average molecular weight is 297 g/mol. The number of para-hydroxylation sites is 1. The van der Waals surface area contributed by atoms with Crippen LogP contribution in [0.15, 0.2) is 42.5 Å². The number of ether oxygens (including phenoxy) is 1. The second kappa shape index (κ2) is 7.12. The van der Waals surface area contributed by atoms with E-state index in [2.05, 4.69) is 26.1 Å². The predicted octanol–water partition coefficient (Wildman–Crippen LogP) is 4.59. The van der Waals surface area contributed by atoms with Gasteiger partial charge in [-0.15, -0.1) is 0 Å². The molecule has 0 unspecified atom stereocenters. The van der Waals surface area contributed by atoms with E-state index in [1.54, 1.807) is 6.07 Å². The molecule has 0 heterocycles. The fourth-order valence-corrected chi connectivity index (χ4v) is 2.05. The summed E-state index contributed by atoms with van der Waals surface area (Å²) in [5, 5.41) is 2.94. The lowest BCUT2D eigenvalue weighted by Gasteiger charge is -2.13. The van der Waals surface area contributed by atoms with Gasteiger partial charge in [-0.25, -0.2) is 0 Å². The summed E-state index contributed by atoms with van der Waals surface area (Å²) in [4.78, 5) is 12.5. The van der Waals surface area contributed by atoms with Gasteiger partial charge in [-0.1, -0.05) is 32.0 Å². The third-order valence-electron chi connectivity index (χ3n) is 3.47. The fraction of sp³-hybridized carbons (Fsp3) is 0.316. The molecule has 0 aliphatic heterocycles. The zero-order valence-electron chi connectivity index (χ0n) is 13.6. The minimum absolute atomic E-state index is 0.150. The molecule has 0 saturated carbocycles. The van der Waals surface area contributed by atoms with E-state index in [0.29, 0.717) is 23.8 Å². The summed E-state index contributed by atoms with van der Waals surface area (Å²) >= 11 is 0. The van der Waals surface area contributed by atoms with E-state index in [-0.39, 0.29) is 5.91 Å². The van der Waals surface area contributed by atoms with Crippen molar-refractivity contribution >= 4 is 11.6 Å². The van der Waals surface area contributed by atoms with Gasteiger partial charge < -0.3 is 10.1 Å². The van der Waals surface area contributed by atoms with Crippen molar-refractivity contribution in [3.05, 3.63) is 59.2 Å². The Morgan fingerprint density at radius 2 is 1.82 bits per heavy atom. The molecule has 2 aromatic carbocycles. The highest BCUT2D eigenvalue weighted by molar-refractivity contribution is 6.06. The van der Waals surface area contributed by atoms with Crippen LogP contribution in [0.4, 0.5) is 5.69 Å². The van der Waals surface area contributed by atoms with Crippen molar-refractivity contribution in [2.75, 3.05) is 11.9 Å². The molecule has 0 bridgehead atoms. The summed E-state index contributed by atoms with van der Waals surface area (Å²) in [6, 6.07) is 13.2. The lowest BCUT2D eigenvalue weighted by atomic mass is 10.1. The number of nitrogens with one attached hydrogen (secondary N) is 1. The van der Waals surface area contributed by atoms with Crippen LogP contribution >= 0.6 is 0 Å². The van der Waals surface area contributed by atoms with Crippen LogP contribution in [-0.4, -0.2) is 12.5 Å². The lowest BCUT2D eigenvalue weighted by Crippen LogP contribution is -2.15. The van der Waals surface area contributed by atoms with Crippen LogP contribution in [0.1, 0.15) is 35.3 Å². The second-order valence-corrected chi connectivity index (χ2v) is 5.95. The minimum Gasteiger partial charge on any atom is -0.492 e. The first kappa shape index (κ1) is 16.1. The van der Waals surface area contributed by atoms with Crippen molar-refractivity contribution in [1.82, 2.24) is 0 Å². The van der Waals surface area contributed by atoms with E-state index in [4.69, 9.17) is 4.74 Å². The van der Waals surface area contributed by atoms with Crippen LogP contribution in [0, 0.1) is 19.8 Å². The van der Waals surface area contributed by atoms with Gasteiger partial charge in [0, 0.05) is 5.69 Å². The van der Waals surface area contributed by atoms with Gasteiger partial charge in [0.25, 0.3) is 5.91 Å². The molecule has 116 valence electrons. The number of carbonyl (C=O) groups excluding carboxylic acids is 1. The van der Waals surface area contributed by atoms with Crippen LogP contribution in [0.3, 0.4) is 0 Å². The predicted molar refractivity (Wildman–Crippen MR) is 90.6 cm³/mol. The molecule has 3 nitrogen and oxygen atoms in total. The van der Waals surface area contributed by atoms with Gasteiger partial charge in [0.1, 0.15) is 5.75 Å². The standard InChI is InChI=1S/C19H23NO2/c1-13(2)12-22-18-8-6-5-7-17(18)19(21)20-16-10-9-14(3)15(4)11-16/h5-11,13H,12H2,1-4H3,(H,20,21). The third-order valence-corrected chi connectivity index (χ3v) is 3.47. The molecule has 0 atom stereocenters. The number of carbonyl (C=O) groups is 1. The normalized spacial score (nSPS) is 10.6. The Kier molecular flexibility index (Phi) is 5.21. The van der Waals surface area contributed by atoms with Gasteiger partial charge in [0.05, 0.1) is 12.2 Å². The topological polar surface area (TPSA) is 38.3 Å². The van der Waals surface area contributed by atoms with Crippen molar-refractivity contribution in [1.29, 1.82) is 0 Å². The molecule has 2 aromatic rings. The largest absolute Gasteiger partial charge is 0.492 e. The van der Waals surface area contributed by atoms with E-state index >= 15 is 0 Å². The van der Waals surface area contributed by atoms with Crippen molar-refractivity contribution in [2.45, 2.75) is 27.7 Å². The molecule has 0 saturated heterocycles. The van der Waals surface area contributed by atoms with Crippen molar-refractivity contribution in [2.24, 2.45) is 5.92 Å². The molecular weight excluding hydrogens is 274 g/mol. The number of rotatable bonds is 5. The summed E-state index contributed by atoms with van der Waals surface area (Å²) in [6.45, 7) is 8.84. The molecule has 0 fully saturated rings. The van der Waals surface area contributed by atoms with Crippen LogP contribution in [0.25, 0.3) is 0 Å². The smallest absolute Gasteiger partial charge is 0.259 e. The van der Waals surface area contributed by atoms with Crippen molar-refractivity contribution in [3.63, 3.8) is 0 Å². The van der Waals surface area contributed by atoms with Gasteiger partial charge >= 0.3 is 0 Å². The van der Waals surface area contributed by atoms with Crippen LogP contribution < -0.4 is 10.1 Å². The number of hydrogen-bond donors (Lipinski definition) is 1. The van der Waals surface area contributed by atoms with Crippen LogP contribution in [0.2, 0.25) is 0 Å². The first-order valence-electron chi connectivity index (χ1n) is 7.58. The van der Waals surface area contributed by atoms with Gasteiger partial charge in [-0.05, 0) is 55.2 Å². The second-order valence-electron chi connectivity index (χ2n) is 5.95. The van der Waals surface area contributed by atoms with E-state index in [0.717, 1.165) is 11.3 Å². The molecule has 1 N–H and O–H groups in total. The maximum atomic E-state index is 12.5. The zero-order chi connectivity index (χ0) is 16.1. The quantitative estimate of drug-likeness (QED) is 0.876. The molecule has 0 spiro atoms. The minimum atomic E-state index is -0.150. The summed E-state index contributed by atoms with van der Waals surface area (Å²) in [5.41, 5.74) is 3.72. The maximum absolute atomic E-state index is 12.5. The van der Waals surface area contributed by atoms with Gasteiger partial charge in [0.2, 0.25) is 0 Å². The Labute approximate surface area is 132 Å². The molecular formula is C19H23NO2. The molecule has 0 aliphatic carbocycles. The van der Waals surface area contributed by atoms with Gasteiger partial charge in [-0.3, -0.25) is 4.79 Å². The first-order chi connectivity index (χ1) is 10.5. The highest BCUT2D eigenvalue weighted by Crippen LogP contribution is 2.21. The maximum Gasteiger partial charge on any atom is 0.259 e. The summed E-state index contributed by atoms with van der Waals surface area (Å²) in [5.74, 6) is 0.885. The van der Waals surface area contributed by atoms with E-state index in [1.807, 2.05) is 43.3 Å². The summed E-state index contributed by atoms with van der Waals surface area (Å²) in [7, 11) is 0. The number of amides is 1. The number of hydrogen-bond acceptors (Lipinski definition) is 2. The highest BCUT2D eigenvalue weighted by atomic mass is 16.5. The van der Waals surface area contributed by atoms with E-state index in [1.165, 1.54) is 5.56 Å².